The maximum absolute atomic E-state index is 12.4. The van der Waals surface area contributed by atoms with Gasteiger partial charge in [-0.05, 0) is 135 Å². The zero-order valence-electron chi connectivity index (χ0n) is 27.3. The van der Waals surface area contributed by atoms with Gasteiger partial charge >= 0.3 is 0 Å². The predicted molar refractivity (Wildman–Crippen MR) is 168 cm³/mol. The van der Waals surface area contributed by atoms with Crippen molar-refractivity contribution in [2.45, 2.75) is 124 Å². The van der Waals surface area contributed by atoms with Gasteiger partial charge in [0.05, 0.1) is 5.71 Å². The van der Waals surface area contributed by atoms with Gasteiger partial charge in [0.15, 0.2) is 11.6 Å². The molecule has 0 bridgehead atoms. The van der Waals surface area contributed by atoms with Crippen molar-refractivity contribution >= 4 is 28.8 Å². The molecule has 8 aliphatic rings. The molecule has 6 nitrogen and oxygen atoms in total. The smallest absolute Gasteiger partial charge is 0.156 e. The Bertz CT molecular complexity index is 1410. The van der Waals surface area contributed by atoms with Gasteiger partial charge in [0.25, 0.3) is 0 Å². The Kier molecular flexibility index (Phi) is 7.11. The minimum Gasteiger partial charge on any atom is -0.411 e. The molecule has 8 aliphatic carbocycles. The number of hydrogen-bond acceptors (Lipinski definition) is 6. The molecule has 0 spiro atoms. The van der Waals surface area contributed by atoms with Gasteiger partial charge in [0, 0.05) is 36.5 Å². The van der Waals surface area contributed by atoms with Crippen molar-refractivity contribution < 1.29 is 24.4 Å². The van der Waals surface area contributed by atoms with E-state index in [1.165, 1.54) is 18.4 Å². The lowest BCUT2D eigenvalue weighted by molar-refractivity contribution is -0.133. The number of nitrogens with zero attached hydrogens (tertiary/aromatic N) is 1. The molecule has 44 heavy (non-hydrogen) atoms. The number of carbonyl (C=O) groups is 4. The Morgan fingerprint density at radius 1 is 0.591 bits per heavy atom. The fraction of sp³-hybridized carbons (Fsp3) is 0.763. The van der Waals surface area contributed by atoms with Crippen LogP contribution in [0.4, 0.5) is 0 Å². The lowest BCUT2D eigenvalue weighted by atomic mass is 9.47. The molecule has 0 aromatic rings. The molecule has 0 aromatic carbocycles. The number of Topliss-reactive ketones (excluding diaryl/α,β-unsaturated/α-hetero) is 2. The van der Waals surface area contributed by atoms with Crippen LogP contribution in [0.15, 0.2) is 28.5 Å². The van der Waals surface area contributed by atoms with Crippen LogP contribution in [-0.4, -0.2) is 34.1 Å². The van der Waals surface area contributed by atoms with E-state index in [1.807, 2.05) is 6.08 Å². The Balaban J connectivity index is 0.000000143. The molecule has 0 aromatic heterocycles. The van der Waals surface area contributed by atoms with Gasteiger partial charge in [0.2, 0.25) is 0 Å². The van der Waals surface area contributed by atoms with Crippen LogP contribution < -0.4 is 0 Å². The van der Waals surface area contributed by atoms with E-state index in [-0.39, 0.29) is 27.4 Å². The number of allylic oxidation sites excluding steroid dienone is 2. The molecule has 0 unspecified atom stereocenters. The maximum atomic E-state index is 12.4. The molecule has 0 saturated heterocycles. The molecule has 1 N–H and O–H groups in total. The van der Waals surface area contributed by atoms with E-state index in [9.17, 15) is 24.4 Å². The molecule has 8 rings (SSSR count). The molecular weight excluding hydrogens is 550 g/mol. The first-order valence-corrected chi connectivity index (χ1v) is 17.6. The highest BCUT2D eigenvalue weighted by Gasteiger charge is 2.61. The van der Waals surface area contributed by atoms with Gasteiger partial charge in [-0.1, -0.05) is 38.4 Å². The van der Waals surface area contributed by atoms with E-state index in [0.717, 1.165) is 69.8 Å². The molecule has 0 amide bonds. The second-order valence-corrected chi connectivity index (χ2v) is 16.9. The summed E-state index contributed by atoms with van der Waals surface area (Å²) in [5.74, 6) is 4.76. The number of oxime groups is 1. The Hall–Kier alpha value is -2.37. The minimum absolute atomic E-state index is 0.0246. The van der Waals surface area contributed by atoms with Gasteiger partial charge < -0.3 is 5.21 Å². The topological polar surface area (TPSA) is 101 Å². The molecule has 0 heterocycles. The van der Waals surface area contributed by atoms with Crippen LogP contribution in [0, 0.1) is 57.2 Å². The van der Waals surface area contributed by atoms with E-state index in [0.29, 0.717) is 77.8 Å². The first-order chi connectivity index (χ1) is 20.8. The second-order valence-electron chi connectivity index (χ2n) is 16.9. The third-order valence-corrected chi connectivity index (χ3v) is 15.3. The van der Waals surface area contributed by atoms with Crippen LogP contribution in [0.5, 0.6) is 0 Å². The third-order valence-electron chi connectivity index (χ3n) is 15.3. The molecule has 0 radical (unpaired) electrons. The van der Waals surface area contributed by atoms with Crippen molar-refractivity contribution in [3.8, 4) is 0 Å². The first kappa shape index (κ1) is 30.3. The monoisotopic (exact) mass is 601 g/mol. The molecule has 238 valence electrons. The fourth-order valence-corrected chi connectivity index (χ4v) is 12.6. The highest BCUT2D eigenvalue weighted by molar-refractivity contribution is 6.08. The van der Waals surface area contributed by atoms with Gasteiger partial charge in [-0.25, -0.2) is 0 Å². The highest BCUT2D eigenvalue weighted by atomic mass is 16.4. The van der Waals surface area contributed by atoms with E-state index in [2.05, 4.69) is 32.9 Å². The van der Waals surface area contributed by atoms with Crippen molar-refractivity contribution in [1.29, 1.82) is 0 Å². The summed E-state index contributed by atoms with van der Waals surface area (Å²) in [6.07, 6.45) is 17.8. The SMILES string of the molecule is C[C@]12CCC(=O)C=C1C(=NO)C[C@@H]1[C@@H]2CC[C@]2(C)C(=O)CC[C@@H]12.C[C@]12CCC(=O)C=C1CC[C@@H]1[C@@H]2CC[C@]2(C)C(=O)CC[C@@H]12. The normalized spacial score (nSPS) is 48.5. The number of hydrogen-bond donors (Lipinski definition) is 1. The number of rotatable bonds is 0. The van der Waals surface area contributed by atoms with Gasteiger partial charge in [-0.2, -0.15) is 0 Å². The summed E-state index contributed by atoms with van der Waals surface area (Å²) in [5, 5.41) is 13.1. The zero-order chi connectivity index (χ0) is 31.2. The van der Waals surface area contributed by atoms with E-state index < -0.39 is 0 Å². The van der Waals surface area contributed by atoms with Crippen molar-refractivity contribution in [2.24, 2.45) is 62.3 Å². The standard InChI is InChI=1S/C19H25NO3.C19H26O2/c1-18-7-5-11(21)9-15(18)16(20-23)10-12-13-3-4-17(22)19(13,2)8-6-14(12)18;1-18-9-7-13(20)11-12(18)3-4-14-15-5-6-17(21)19(15,2)10-8-16(14)18/h9,12-14,23H,3-8,10H2,1-2H3;11,14-16H,3-10H2,1-2H3/t12-,13-,14-,18+,19-;14-,15-,16-,18-,19-/m00/s1. The largest absolute Gasteiger partial charge is 0.411 e. The van der Waals surface area contributed by atoms with Gasteiger partial charge in [-0.15, -0.1) is 0 Å². The van der Waals surface area contributed by atoms with Gasteiger partial charge in [-0.3, -0.25) is 19.2 Å². The third kappa shape index (κ3) is 4.20. The van der Waals surface area contributed by atoms with Crippen molar-refractivity contribution in [2.75, 3.05) is 0 Å². The average molecular weight is 602 g/mol. The summed E-state index contributed by atoms with van der Waals surface area (Å²) in [5.41, 5.74) is 3.03. The molecular formula is C38H51NO5. The van der Waals surface area contributed by atoms with Crippen molar-refractivity contribution in [1.82, 2.24) is 0 Å². The van der Waals surface area contributed by atoms with Crippen LogP contribution >= 0.6 is 0 Å². The van der Waals surface area contributed by atoms with Crippen LogP contribution in [0.25, 0.3) is 0 Å². The molecule has 10 atom stereocenters. The Morgan fingerprint density at radius 2 is 1.11 bits per heavy atom. The summed E-state index contributed by atoms with van der Waals surface area (Å²) >= 11 is 0. The lowest BCUT2D eigenvalue weighted by Crippen LogP contribution is -2.53. The Morgan fingerprint density at radius 3 is 1.73 bits per heavy atom. The predicted octanol–water partition coefficient (Wildman–Crippen LogP) is 7.61. The number of carbonyl (C=O) groups excluding carboxylic acids is 4. The first-order valence-electron chi connectivity index (χ1n) is 17.6. The second kappa shape index (κ2) is 10.3. The number of ketones is 4. The average Bonchev–Trinajstić information content (AvgIpc) is 3.48. The summed E-state index contributed by atoms with van der Waals surface area (Å²) in [7, 11) is 0. The maximum Gasteiger partial charge on any atom is 0.156 e. The van der Waals surface area contributed by atoms with Crippen LogP contribution in [0.1, 0.15) is 124 Å². The van der Waals surface area contributed by atoms with Crippen LogP contribution in [-0.2, 0) is 19.2 Å². The van der Waals surface area contributed by atoms with E-state index in [1.54, 1.807) is 6.08 Å². The zero-order valence-corrected chi connectivity index (χ0v) is 27.3. The molecule has 6 heteroatoms. The Labute approximate surface area is 262 Å². The fourth-order valence-electron chi connectivity index (χ4n) is 12.6. The summed E-state index contributed by atoms with van der Waals surface area (Å²) in [4.78, 5) is 48.5. The van der Waals surface area contributed by atoms with E-state index in [4.69, 9.17) is 0 Å². The van der Waals surface area contributed by atoms with Crippen molar-refractivity contribution in [3.05, 3.63) is 23.3 Å². The molecule has 6 fully saturated rings. The van der Waals surface area contributed by atoms with Gasteiger partial charge in [0.1, 0.15) is 11.6 Å². The summed E-state index contributed by atoms with van der Waals surface area (Å²) < 4.78 is 0. The summed E-state index contributed by atoms with van der Waals surface area (Å²) in [6, 6.07) is 0. The van der Waals surface area contributed by atoms with Crippen LogP contribution in [0.3, 0.4) is 0 Å². The number of fused-ring (bicyclic) bond motifs is 10. The van der Waals surface area contributed by atoms with Crippen LogP contribution in [0.2, 0.25) is 0 Å². The lowest BCUT2D eigenvalue weighted by Gasteiger charge is -2.56. The molecule has 6 saturated carbocycles. The summed E-state index contributed by atoms with van der Waals surface area (Å²) in [6.45, 7) is 9.03. The van der Waals surface area contributed by atoms with Crippen molar-refractivity contribution in [3.63, 3.8) is 0 Å². The van der Waals surface area contributed by atoms with E-state index >= 15 is 0 Å². The minimum atomic E-state index is -0.177. The highest BCUT2D eigenvalue weighted by Crippen LogP contribution is 2.65. The molecule has 0 aliphatic heterocycles. The quantitative estimate of drug-likeness (QED) is 0.227.